The number of benzene rings is 3. The Hall–Kier alpha value is -3.14. The maximum atomic E-state index is 9.17. The molecule has 0 atom stereocenters. The van der Waals surface area contributed by atoms with E-state index >= 15 is 0 Å². The van der Waals surface area contributed by atoms with Crippen LogP contribution in [0, 0.1) is 0 Å². The van der Waals surface area contributed by atoms with Gasteiger partial charge in [-0.2, -0.15) is 0 Å². The quantitative estimate of drug-likeness (QED) is 0.417. The second-order valence-corrected chi connectivity index (χ2v) is 6.67. The van der Waals surface area contributed by atoms with Gasteiger partial charge in [0.15, 0.2) is 0 Å². The summed E-state index contributed by atoms with van der Waals surface area (Å²) >= 11 is 0. The topological polar surface area (TPSA) is 58.9 Å². The van der Waals surface area contributed by atoms with Gasteiger partial charge in [0.05, 0.1) is 6.61 Å². The number of phenols is 2. The maximum Gasteiger partial charge on any atom is 0.122 e. The number of hydrogen-bond acceptors (Lipinski definition) is 4. The first-order valence-corrected chi connectivity index (χ1v) is 10.0. The second-order valence-electron chi connectivity index (χ2n) is 6.67. The Balaban J connectivity index is 0.000000208. The van der Waals surface area contributed by atoms with Crippen molar-refractivity contribution < 1.29 is 19.7 Å². The molecule has 3 aromatic rings. The van der Waals surface area contributed by atoms with Crippen molar-refractivity contribution in [2.45, 2.75) is 39.2 Å². The second kappa shape index (κ2) is 13.1. The summed E-state index contributed by atoms with van der Waals surface area (Å²) in [6.07, 6.45) is 4.81. The van der Waals surface area contributed by atoms with Crippen LogP contribution in [-0.4, -0.2) is 16.8 Å². The summed E-state index contributed by atoms with van der Waals surface area (Å²) in [5.74, 6) is 2.02. The molecule has 0 bridgehead atoms. The molecular weight excluding hydrogens is 364 g/mol. The summed E-state index contributed by atoms with van der Waals surface area (Å²) in [5, 5.41) is 18.3. The van der Waals surface area contributed by atoms with Crippen molar-refractivity contribution in [2.75, 3.05) is 6.61 Å². The minimum absolute atomic E-state index is 0.252. The van der Waals surface area contributed by atoms with Gasteiger partial charge in [-0.05, 0) is 48.4 Å². The van der Waals surface area contributed by atoms with Gasteiger partial charge in [0.2, 0.25) is 0 Å². The molecular formula is C25H30O4. The molecule has 0 fully saturated rings. The Labute approximate surface area is 173 Å². The van der Waals surface area contributed by atoms with Crippen molar-refractivity contribution in [2.24, 2.45) is 0 Å². The summed E-state index contributed by atoms with van der Waals surface area (Å²) in [4.78, 5) is 0. The number of hydrogen-bond donors (Lipinski definition) is 2. The molecule has 4 nitrogen and oxygen atoms in total. The Kier molecular flexibility index (Phi) is 10.0. The Morgan fingerprint density at radius 3 is 2.10 bits per heavy atom. The minimum Gasteiger partial charge on any atom is -0.508 e. The molecule has 0 aliphatic carbocycles. The van der Waals surface area contributed by atoms with Crippen LogP contribution in [0.3, 0.4) is 0 Å². The largest absolute Gasteiger partial charge is 0.508 e. The van der Waals surface area contributed by atoms with Crippen molar-refractivity contribution >= 4 is 0 Å². The molecule has 0 radical (unpaired) electrons. The molecule has 4 heteroatoms. The minimum atomic E-state index is 0.252. The molecule has 29 heavy (non-hydrogen) atoms. The van der Waals surface area contributed by atoms with Crippen LogP contribution in [0.15, 0.2) is 78.9 Å². The maximum absolute atomic E-state index is 9.17. The van der Waals surface area contributed by atoms with Gasteiger partial charge < -0.3 is 19.7 Å². The van der Waals surface area contributed by atoms with E-state index in [1.54, 1.807) is 42.5 Å². The standard InChI is InChI=1S/C13H12O2.C12H18O2/c14-12-6-8-13(9-7-12)15-10-11-4-2-1-3-5-11;1-2-3-4-5-9-14-12-8-6-7-11(13)10-12/h1-9,14H,10H2;6-8,10,13H,2-5,9H2,1H3. The van der Waals surface area contributed by atoms with E-state index in [1.807, 2.05) is 36.4 Å². The van der Waals surface area contributed by atoms with Crippen LogP contribution < -0.4 is 9.47 Å². The predicted molar refractivity (Wildman–Crippen MR) is 117 cm³/mol. The molecule has 154 valence electrons. The SMILES string of the molecule is CCCCCCOc1cccc(O)c1.Oc1ccc(OCc2ccccc2)cc1. The normalized spacial score (nSPS) is 9.97. The van der Waals surface area contributed by atoms with Gasteiger partial charge in [-0.15, -0.1) is 0 Å². The van der Waals surface area contributed by atoms with Gasteiger partial charge in [0, 0.05) is 6.07 Å². The van der Waals surface area contributed by atoms with Crippen LogP contribution in [-0.2, 0) is 6.61 Å². The molecule has 0 aromatic heterocycles. The highest BCUT2D eigenvalue weighted by Gasteiger charge is 1.96. The van der Waals surface area contributed by atoms with Crippen LogP contribution in [0.4, 0.5) is 0 Å². The van der Waals surface area contributed by atoms with Crippen LogP contribution >= 0.6 is 0 Å². The molecule has 0 saturated carbocycles. The molecule has 0 unspecified atom stereocenters. The molecule has 0 spiro atoms. The number of phenolic OH excluding ortho intramolecular Hbond substituents is 2. The fraction of sp³-hybridized carbons (Fsp3) is 0.280. The lowest BCUT2D eigenvalue weighted by molar-refractivity contribution is 0.303. The monoisotopic (exact) mass is 394 g/mol. The predicted octanol–water partition coefficient (Wildman–Crippen LogP) is 6.32. The molecule has 0 aliphatic heterocycles. The first-order valence-electron chi connectivity index (χ1n) is 10.0. The van der Waals surface area contributed by atoms with Crippen LogP contribution in [0.5, 0.6) is 23.0 Å². The highest BCUT2D eigenvalue weighted by Crippen LogP contribution is 2.18. The van der Waals surface area contributed by atoms with E-state index in [-0.39, 0.29) is 11.5 Å². The molecule has 0 amide bonds. The Morgan fingerprint density at radius 1 is 0.655 bits per heavy atom. The first kappa shape index (κ1) is 22.2. The number of aromatic hydroxyl groups is 2. The fourth-order valence-corrected chi connectivity index (χ4v) is 2.58. The summed E-state index contributed by atoms with van der Waals surface area (Å²) in [5.41, 5.74) is 1.13. The summed E-state index contributed by atoms with van der Waals surface area (Å²) in [6, 6.07) is 23.6. The van der Waals surface area contributed by atoms with E-state index in [0.717, 1.165) is 30.1 Å². The van der Waals surface area contributed by atoms with Gasteiger partial charge in [0.25, 0.3) is 0 Å². The lowest BCUT2D eigenvalue weighted by Crippen LogP contribution is -1.96. The van der Waals surface area contributed by atoms with Gasteiger partial charge in [-0.3, -0.25) is 0 Å². The van der Waals surface area contributed by atoms with Gasteiger partial charge in [-0.1, -0.05) is 62.6 Å². The van der Waals surface area contributed by atoms with E-state index in [9.17, 15) is 5.11 Å². The summed E-state index contributed by atoms with van der Waals surface area (Å²) < 4.78 is 11.0. The first-order chi connectivity index (χ1) is 14.2. The van der Waals surface area contributed by atoms with Crippen LogP contribution in [0.1, 0.15) is 38.2 Å². The van der Waals surface area contributed by atoms with E-state index < -0.39 is 0 Å². The van der Waals surface area contributed by atoms with Crippen molar-refractivity contribution in [1.82, 2.24) is 0 Å². The Bertz CT molecular complexity index is 801. The molecule has 3 rings (SSSR count). The zero-order valence-corrected chi connectivity index (χ0v) is 17.0. The van der Waals surface area contributed by atoms with Crippen molar-refractivity contribution in [3.63, 3.8) is 0 Å². The molecule has 2 N–H and O–H groups in total. The zero-order valence-electron chi connectivity index (χ0n) is 17.0. The van der Waals surface area contributed by atoms with Crippen molar-refractivity contribution in [3.8, 4) is 23.0 Å². The van der Waals surface area contributed by atoms with E-state index in [1.165, 1.54) is 19.3 Å². The van der Waals surface area contributed by atoms with Crippen molar-refractivity contribution in [1.29, 1.82) is 0 Å². The average molecular weight is 395 g/mol. The average Bonchev–Trinajstić information content (AvgIpc) is 2.75. The zero-order chi connectivity index (χ0) is 20.7. The van der Waals surface area contributed by atoms with E-state index in [2.05, 4.69) is 6.92 Å². The van der Waals surface area contributed by atoms with Gasteiger partial charge in [-0.25, -0.2) is 0 Å². The molecule has 0 aliphatic rings. The third-order valence-electron chi connectivity index (χ3n) is 4.17. The number of unbranched alkanes of at least 4 members (excludes halogenated alkanes) is 3. The lowest BCUT2D eigenvalue weighted by Gasteiger charge is -2.05. The van der Waals surface area contributed by atoms with Gasteiger partial charge in [0.1, 0.15) is 29.6 Å². The van der Waals surface area contributed by atoms with Crippen molar-refractivity contribution in [3.05, 3.63) is 84.4 Å². The molecule has 0 saturated heterocycles. The smallest absolute Gasteiger partial charge is 0.122 e. The third-order valence-corrected chi connectivity index (χ3v) is 4.17. The number of rotatable bonds is 9. The van der Waals surface area contributed by atoms with Crippen LogP contribution in [0.2, 0.25) is 0 Å². The third kappa shape index (κ3) is 9.56. The highest BCUT2D eigenvalue weighted by atomic mass is 16.5. The Morgan fingerprint density at radius 2 is 1.41 bits per heavy atom. The van der Waals surface area contributed by atoms with Gasteiger partial charge >= 0.3 is 0 Å². The van der Waals surface area contributed by atoms with Crippen LogP contribution in [0.25, 0.3) is 0 Å². The molecule has 3 aromatic carbocycles. The molecule has 0 heterocycles. The summed E-state index contributed by atoms with van der Waals surface area (Å²) in [7, 11) is 0. The lowest BCUT2D eigenvalue weighted by atomic mass is 10.2. The number of ether oxygens (including phenoxy) is 2. The highest BCUT2D eigenvalue weighted by molar-refractivity contribution is 5.32. The van der Waals surface area contributed by atoms with E-state index in [4.69, 9.17) is 14.6 Å². The summed E-state index contributed by atoms with van der Waals surface area (Å²) in [6.45, 7) is 3.48. The fourth-order valence-electron chi connectivity index (χ4n) is 2.58. The van der Waals surface area contributed by atoms with E-state index in [0.29, 0.717) is 6.61 Å².